The van der Waals surface area contributed by atoms with Crippen molar-refractivity contribution in [2.45, 2.75) is 51.7 Å². The topological polar surface area (TPSA) is 41.6 Å². The molecule has 1 amide bonds. The maximum Gasteiger partial charge on any atom is 0.243 e. The lowest BCUT2D eigenvalue weighted by molar-refractivity contribution is -0.133. The predicted molar refractivity (Wildman–Crippen MR) is 66.5 cm³/mol. The molecule has 0 aromatic heterocycles. The SMILES string of the molecule is CCC1NC(C)(CC)C(=O)N1CC1CCOC1. The molecule has 3 atom stereocenters. The number of ether oxygens (including phenoxy) is 1. The third kappa shape index (κ3) is 2.33. The van der Waals surface area contributed by atoms with E-state index in [9.17, 15) is 4.79 Å². The smallest absolute Gasteiger partial charge is 0.243 e. The molecule has 0 spiro atoms. The van der Waals surface area contributed by atoms with Crippen LogP contribution in [-0.2, 0) is 9.53 Å². The number of amides is 1. The van der Waals surface area contributed by atoms with Gasteiger partial charge in [-0.3, -0.25) is 10.1 Å². The Morgan fingerprint density at radius 1 is 1.53 bits per heavy atom. The fraction of sp³-hybridized carbons (Fsp3) is 0.923. The van der Waals surface area contributed by atoms with E-state index < -0.39 is 0 Å². The lowest BCUT2D eigenvalue weighted by Gasteiger charge is -2.25. The average molecular weight is 240 g/mol. The van der Waals surface area contributed by atoms with Crippen LogP contribution in [0.25, 0.3) is 0 Å². The van der Waals surface area contributed by atoms with Crippen LogP contribution in [-0.4, -0.2) is 42.3 Å². The Morgan fingerprint density at radius 2 is 2.29 bits per heavy atom. The van der Waals surface area contributed by atoms with Crippen molar-refractivity contribution in [1.82, 2.24) is 10.2 Å². The molecule has 98 valence electrons. The molecule has 0 bridgehead atoms. The molecule has 4 nitrogen and oxygen atoms in total. The van der Waals surface area contributed by atoms with Gasteiger partial charge >= 0.3 is 0 Å². The molecule has 2 aliphatic rings. The van der Waals surface area contributed by atoms with Crippen molar-refractivity contribution in [3.8, 4) is 0 Å². The Morgan fingerprint density at radius 3 is 2.82 bits per heavy atom. The quantitative estimate of drug-likeness (QED) is 0.806. The van der Waals surface area contributed by atoms with Crippen molar-refractivity contribution in [3.63, 3.8) is 0 Å². The molecule has 2 aliphatic heterocycles. The average Bonchev–Trinajstić information content (AvgIpc) is 2.92. The van der Waals surface area contributed by atoms with Crippen molar-refractivity contribution in [1.29, 1.82) is 0 Å². The molecular formula is C13H24N2O2. The summed E-state index contributed by atoms with van der Waals surface area (Å²) in [5.74, 6) is 0.785. The van der Waals surface area contributed by atoms with Crippen LogP contribution in [0.1, 0.15) is 40.0 Å². The van der Waals surface area contributed by atoms with E-state index in [1.165, 1.54) is 0 Å². The number of carbonyl (C=O) groups excluding carboxylic acids is 1. The van der Waals surface area contributed by atoms with Crippen molar-refractivity contribution in [2.75, 3.05) is 19.8 Å². The minimum absolute atomic E-state index is 0.202. The van der Waals surface area contributed by atoms with Gasteiger partial charge in [0.05, 0.1) is 18.3 Å². The number of carbonyl (C=O) groups is 1. The van der Waals surface area contributed by atoms with Crippen molar-refractivity contribution in [2.24, 2.45) is 5.92 Å². The van der Waals surface area contributed by atoms with Gasteiger partial charge < -0.3 is 9.64 Å². The molecule has 2 fully saturated rings. The van der Waals surface area contributed by atoms with E-state index in [4.69, 9.17) is 4.74 Å². The molecule has 0 saturated carbocycles. The number of hydrogen-bond acceptors (Lipinski definition) is 3. The number of nitrogens with one attached hydrogen (secondary N) is 1. The Kier molecular flexibility index (Phi) is 3.73. The zero-order valence-corrected chi connectivity index (χ0v) is 11.2. The van der Waals surface area contributed by atoms with Crippen LogP contribution >= 0.6 is 0 Å². The standard InChI is InChI=1S/C13H24N2O2/c1-4-11-14-13(3,5-2)12(16)15(11)8-10-6-7-17-9-10/h10-11,14H,4-9H2,1-3H3. The van der Waals surface area contributed by atoms with Crippen LogP contribution in [0, 0.1) is 5.92 Å². The van der Waals surface area contributed by atoms with Gasteiger partial charge in [-0.25, -0.2) is 0 Å². The lowest BCUT2D eigenvalue weighted by Crippen LogP contribution is -2.43. The highest BCUT2D eigenvalue weighted by Crippen LogP contribution is 2.27. The summed E-state index contributed by atoms with van der Waals surface area (Å²) in [5, 5.41) is 3.48. The summed E-state index contributed by atoms with van der Waals surface area (Å²) in [7, 11) is 0. The monoisotopic (exact) mass is 240 g/mol. The maximum atomic E-state index is 12.4. The molecule has 0 radical (unpaired) electrons. The Balaban J connectivity index is 2.05. The van der Waals surface area contributed by atoms with Gasteiger partial charge in [-0.05, 0) is 26.2 Å². The van der Waals surface area contributed by atoms with Crippen LogP contribution in [0.5, 0.6) is 0 Å². The first kappa shape index (κ1) is 12.8. The zero-order chi connectivity index (χ0) is 12.5. The molecule has 3 unspecified atom stereocenters. The fourth-order valence-electron chi connectivity index (χ4n) is 2.76. The van der Waals surface area contributed by atoms with Gasteiger partial charge in [0.25, 0.3) is 0 Å². The van der Waals surface area contributed by atoms with E-state index in [1.807, 2.05) is 11.8 Å². The van der Waals surface area contributed by atoms with E-state index in [2.05, 4.69) is 19.2 Å². The van der Waals surface area contributed by atoms with Gasteiger partial charge in [0.1, 0.15) is 0 Å². The Bertz CT molecular complexity index is 289. The van der Waals surface area contributed by atoms with E-state index in [0.717, 1.165) is 39.0 Å². The summed E-state index contributed by atoms with van der Waals surface area (Å²) in [6.45, 7) is 8.72. The largest absolute Gasteiger partial charge is 0.381 e. The van der Waals surface area contributed by atoms with E-state index >= 15 is 0 Å². The molecule has 0 aliphatic carbocycles. The summed E-state index contributed by atoms with van der Waals surface area (Å²) < 4.78 is 5.39. The number of rotatable bonds is 4. The summed E-state index contributed by atoms with van der Waals surface area (Å²) in [6.07, 6.45) is 3.10. The fourth-order valence-corrected chi connectivity index (χ4v) is 2.76. The molecule has 1 N–H and O–H groups in total. The van der Waals surface area contributed by atoms with Crippen LogP contribution in [0.2, 0.25) is 0 Å². The minimum atomic E-state index is -0.361. The minimum Gasteiger partial charge on any atom is -0.381 e. The van der Waals surface area contributed by atoms with Crippen LogP contribution in [0.4, 0.5) is 0 Å². The highest BCUT2D eigenvalue weighted by atomic mass is 16.5. The Hall–Kier alpha value is -0.610. The highest BCUT2D eigenvalue weighted by Gasteiger charge is 2.46. The molecular weight excluding hydrogens is 216 g/mol. The second-order valence-corrected chi connectivity index (χ2v) is 5.44. The van der Waals surface area contributed by atoms with Gasteiger partial charge in [0, 0.05) is 19.1 Å². The summed E-state index contributed by atoms with van der Waals surface area (Å²) in [4.78, 5) is 14.5. The van der Waals surface area contributed by atoms with Gasteiger partial charge in [-0.2, -0.15) is 0 Å². The molecule has 2 heterocycles. The predicted octanol–water partition coefficient (Wildman–Crippen LogP) is 1.36. The summed E-state index contributed by atoms with van der Waals surface area (Å²) >= 11 is 0. The zero-order valence-electron chi connectivity index (χ0n) is 11.2. The van der Waals surface area contributed by atoms with Gasteiger partial charge in [-0.1, -0.05) is 13.8 Å². The summed E-state index contributed by atoms with van der Waals surface area (Å²) in [5.41, 5.74) is -0.361. The maximum absolute atomic E-state index is 12.4. The van der Waals surface area contributed by atoms with Crippen LogP contribution < -0.4 is 5.32 Å². The van der Waals surface area contributed by atoms with Crippen LogP contribution in [0.3, 0.4) is 0 Å². The molecule has 0 aromatic carbocycles. The van der Waals surface area contributed by atoms with E-state index in [0.29, 0.717) is 5.92 Å². The van der Waals surface area contributed by atoms with Crippen LogP contribution in [0.15, 0.2) is 0 Å². The molecule has 0 aromatic rings. The molecule has 4 heteroatoms. The number of nitrogens with zero attached hydrogens (tertiary/aromatic N) is 1. The van der Waals surface area contributed by atoms with Crippen molar-refractivity contribution in [3.05, 3.63) is 0 Å². The normalized spacial score (nSPS) is 38.1. The second-order valence-electron chi connectivity index (χ2n) is 5.44. The van der Waals surface area contributed by atoms with Crippen molar-refractivity contribution >= 4 is 5.91 Å². The third-order valence-electron chi connectivity index (χ3n) is 4.17. The first-order valence-corrected chi connectivity index (χ1v) is 6.77. The van der Waals surface area contributed by atoms with Gasteiger partial charge in [0.2, 0.25) is 5.91 Å². The Labute approximate surface area is 104 Å². The molecule has 17 heavy (non-hydrogen) atoms. The van der Waals surface area contributed by atoms with E-state index in [-0.39, 0.29) is 17.6 Å². The first-order chi connectivity index (χ1) is 8.10. The highest BCUT2D eigenvalue weighted by molar-refractivity contribution is 5.88. The summed E-state index contributed by atoms with van der Waals surface area (Å²) in [6, 6.07) is 0. The number of hydrogen-bond donors (Lipinski definition) is 1. The van der Waals surface area contributed by atoms with Gasteiger partial charge in [0.15, 0.2) is 0 Å². The van der Waals surface area contributed by atoms with E-state index in [1.54, 1.807) is 0 Å². The second kappa shape index (κ2) is 4.94. The van der Waals surface area contributed by atoms with Crippen molar-refractivity contribution < 1.29 is 9.53 Å². The van der Waals surface area contributed by atoms with Gasteiger partial charge in [-0.15, -0.1) is 0 Å². The first-order valence-electron chi connectivity index (χ1n) is 6.77. The lowest BCUT2D eigenvalue weighted by atomic mass is 9.99. The molecule has 2 saturated heterocycles. The third-order valence-corrected chi connectivity index (χ3v) is 4.17. The molecule has 2 rings (SSSR count).